The molecule has 1 aliphatic heterocycles. The van der Waals surface area contributed by atoms with Crippen LogP contribution in [-0.2, 0) is 20.9 Å². The fraction of sp³-hybridized carbons (Fsp3) is 0.382. The molecule has 10 heteroatoms. The van der Waals surface area contributed by atoms with Crippen LogP contribution in [0.2, 0.25) is 0 Å². The zero-order chi connectivity index (χ0) is 45.2. The van der Waals surface area contributed by atoms with E-state index in [4.69, 9.17) is 28.9 Å². The minimum Gasteiger partial charge on any atom is -0.459 e. The zero-order valence-electron chi connectivity index (χ0n) is 37.6. The van der Waals surface area contributed by atoms with Gasteiger partial charge in [0.15, 0.2) is 0 Å². The fourth-order valence-electron chi connectivity index (χ4n) is 10.5. The van der Waals surface area contributed by atoms with Gasteiger partial charge in [0.05, 0.1) is 31.4 Å². The Labute approximate surface area is 383 Å². The molecule has 0 aromatic heterocycles. The number of fused-ring (bicyclic) bond motifs is 3. The summed E-state index contributed by atoms with van der Waals surface area (Å²) in [6.45, 7) is 8.94. The molecule has 0 saturated heterocycles. The van der Waals surface area contributed by atoms with Gasteiger partial charge in [-0.2, -0.15) is 0 Å². The van der Waals surface area contributed by atoms with Crippen molar-refractivity contribution >= 4 is 22.6 Å². The second-order valence-corrected chi connectivity index (χ2v) is 17.1. The molecule has 5 aromatic carbocycles. The highest BCUT2D eigenvalue weighted by molar-refractivity contribution is 6.03. The maximum Gasteiger partial charge on any atom is 0.410 e. The number of aliphatic hydroxyl groups excluding tert-OH is 2. The first-order valence-corrected chi connectivity index (χ1v) is 23.4. The number of aliphatic hydroxyl groups is 2. The van der Waals surface area contributed by atoms with Crippen molar-refractivity contribution in [2.75, 3.05) is 33.0 Å². The summed E-state index contributed by atoms with van der Waals surface area (Å²) in [6.07, 6.45) is 8.53. The van der Waals surface area contributed by atoms with Crippen molar-refractivity contribution in [3.63, 3.8) is 0 Å². The second-order valence-electron chi connectivity index (χ2n) is 17.1. The highest BCUT2D eigenvalue weighted by Crippen LogP contribution is 2.62. The van der Waals surface area contributed by atoms with E-state index in [1.165, 1.54) is 0 Å². The lowest BCUT2D eigenvalue weighted by atomic mass is 9.55. The van der Waals surface area contributed by atoms with Crippen LogP contribution in [0.25, 0.3) is 21.9 Å². The maximum absolute atomic E-state index is 14.7. The monoisotopic (exact) mass is 878 g/mol. The Kier molecular flexibility index (Phi) is 15.0. The Hall–Kier alpha value is -5.94. The number of carbonyl (C=O) groups is 1. The molecule has 0 spiro atoms. The highest BCUT2D eigenvalue weighted by atomic mass is 16.7. The summed E-state index contributed by atoms with van der Waals surface area (Å²) < 4.78 is 27.2. The maximum atomic E-state index is 14.7. The Balaban J connectivity index is 1.31. The van der Waals surface area contributed by atoms with Crippen LogP contribution in [0, 0.1) is 17.8 Å². The fourth-order valence-corrected chi connectivity index (χ4v) is 10.5. The number of ether oxygens (including phenoxy) is 4. The van der Waals surface area contributed by atoms with Gasteiger partial charge in [0.1, 0.15) is 29.9 Å². The number of amides is 1. The van der Waals surface area contributed by atoms with E-state index in [0.717, 1.165) is 70.0 Å². The van der Waals surface area contributed by atoms with E-state index in [1.54, 1.807) is 11.0 Å². The van der Waals surface area contributed by atoms with Gasteiger partial charge in [-0.05, 0) is 115 Å². The summed E-state index contributed by atoms with van der Waals surface area (Å²) in [7, 11) is 0. The van der Waals surface area contributed by atoms with E-state index in [0.29, 0.717) is 36.7 Å². The molecule has 10 nitrogen and oxygen atoms in total. The van der Waals surface area contributed by atoms with Crippen molar-refractivity contribution < 1.29 is 38.8 Å². The number of carbonyl (C=O) groups excluding carboxylic acids is 1. The van der Waals surface area contributed by atoms with E-state index < -0.39 is 23.8 Å². The predicted octanol–water partition coefficient (Wildman–Crippen LogP) is 11.6. The molecule has 2 aliphatic carbocycles. The number of allylic oxidation sites excluding steroid dienone is 1. The molecule has 1 heterocycles. The van der Waals surface area contributed by atoms with Gasteiger partial charge < -0.3 is 34.0 Å². The molecule has 340 valence electrons. The van der Waals surface area contributed by atoms with Crippen LogP contribution in [-0.4, -0.2) is 71.8 Å². The number of hydrogen-bond donors (Lipinski definition) is 2. The molecule has 3 aliphatic rings. The Morgan fingerprint density at radius 3 is 2.32 bits per heavy atom. The molecule has 0 bridgehead atoms. The average molecular weight is 879 g/mol. The summed E-state index contributed by atoms with van der Waals surface area (Å²) in [5.74, 6) is 0.0709. The molecular formula is C55H62N2O8. The van der Waals surface area contributed by atoms with Crippen molar-refractivity contribution in [1.82, 2.24) is 4.90 Å². The third kappa shape index (κ3) is 9.71. The van der Waals surface area contributed by atoms with Crippen molar-refractivity contribution in [3.05, 3.63) is 151 Å². The summed E-state index contributed by atoms with van der Waals surface area (Å²) in [5.41, 5.74) is 5.87. The quantitative estimate of drug-likeness (QED) is 0.0451. The normalized spacial score (nSPS) is 22.6. The third-order valence-corrected chi connectivity index (χ3v) is 13.2. The van der Waals surface area contributed by atoms with Gasteiger partial charge >= 0.3 is 6.09 Å². The Morgan fingerprint density at radius 1 is 0.846 bits per heavy atom. The number of rotatable bonds is 20. The molecule has 1 saturated carbocycles. The average Bonchev–Trinajstić information content (AvgIpc) is 3.34. The molecule has 5 aromatic rings. The number of hydrogen-bond acceptors (Lipinski definition) is 9. The topological polar surface area (TPSA) is 119 Å². The lowest BCUT2D eigenvalue weighted by molar-refractivity contribution is -0.256. The van der Waals surface area contributed by atoms with Crippen LogP contribution >= 0.6 is 0 Å². The zero-order valence-corrected chi connectivity index (χ0v) is 37.6. The minimum atomic E-state index is -1.43. The highest BCUT2D eigenvalue weighted by Gasteiger charge is 2.65. The Bertz CT molecular complexity index is 2450. The molecule has 0 radical (unpaired) electrons. The first kappa shape index (κ1) is 45.6. The van der Waals surface area contributed by atoms with Gasteiger partial charge in [0.2, 0.25) is 5.79 Å². The van der Waals surface area contributed by atoms with Gasteiger partial charge in [0.25, 0.3) is 0 Å². The lowest BCUT2D eigenvalue weighted by Gasteiger charge is -2.59. The summed E-state index contributed by atoms with van der Waals surface area (Å²) in [6, 6.07) is 38.0. The van der Waals surface area contributed by atoms with Crippen molar-refractivity contribution in [2.45, 2.75) is 83.1 Å². The van der Waals surface area contributed by atoms with Crippen LogP contribution in [0.1, 0.15) is 75.8 Å². The SMILES string of the molecule is C=CCOC12Oc3ccc(Oc4ccc(-c5ccccc5)cc4)cc3C3C(CCCCO)C(CCCCO)C=C(C(=NOCC)CC1N(Cc1cccc4ccccc14)C(=O)OCC)C32. The molecule has 65 heavy (non-hydrogen) atoms. The van der Waals surface area contributed by atoms with Crippen LogP contribution < -0.4 is 9.47 Å². The van der Waals surface area contributed by atoms with Crippen LogP contribution in [0.3, 0.4) is 0 Å². The van der Waals surface area contributed by atoms with Gasteiger partial charge in [-0.1, -0.05) is 115 Å². The first-order valence-electron chi connectivity index (χ1n) is 23.4. The summed E-state index contributed by atoms with van der Waals surface area (Å²) in [5, 5.41) is 26.9. The number of unbranched alkanes of at least 4 members (excludes halogenated alkanes) is 2. The molecule has 2 N–H and O–H groups in total. The smallest absolute Gasteiger partial charge is 0.410 e. The summed E-state index contributed by atoms with van der Waals surface area (Å²) in [4.78, 5) is 22.4. The number of oxime groups is 1. The molecule has 1 fully saturated rings. The molecule has 6 atom stereocenters. The predicted molar refractivity (Wildman–Crippen MR) is 255 cm³/mol. The second kappa shape index (κ2) is 21.4. The molecule has 8 rings (SSSR count). The third-order valence-electron chi connectivity index (χ3n) is 13.2. The van der Waals surface area contributed by atoms with Gasteiger partial charge in [-0.25, -0.2) is 4.79 Å². The standard InChI is InChI=1S/C55H62N2O8/c1-4-33-62-55-51(57(54(60)61-5-2)37-42-22-16-21-40-19-10-11-23-45(40)42)36-49(56-63-6-3)47-34-41(20-12-14-31-58)46(24-13-15-32-59)52(53(47)55)48-35-44(29-30-50(48)65-55)64-43-27-25-39(26-28-43)38-17-8-7-9-18-38/h4,7-11,16-19,21-23,25-30,34-35,41,46,51-53,58-59H,1,5-6,12-15,20,24,31-33,36-37H2,2-3H3. The van der Waals surface area contributed by atoms with E-state index in [-0.39, 0.29) is 57.1 Å². The molecule has 1 amide bonds. The molecular weight excluding hydrogens is 817 g/mol. The van der Waals surface area contributed by atoms with Crippen molar-refractivity contribution in [3.8, 4) is 28.4 Å². The van der Waals surface area contributed by atoms with E-state index in [9.17, 15) is 15.0 Å². The van der Waals surface area contributed by atoms with E-state index in [1.807, 2.05) is 74.5 Å². The molecule has 6 unspecified atom stereocenters. The van der Waals surface area contributed by atoms with Crippen LogP contribution in [0.4, 0.5) is 4.79 Å². The Morgan fingerprint density at radius 2 is 1.57 bits per heavy atom. The van der Waals surface area contributed by atoms with Gasteiger partial charge in [0, 0.05) is 31.1 Å². The largest absolute Gasteiger partial charge is 0.459 e. The van der Waals surface area contributed by atoms with Gasteiger partial charge in [-0.3, -0.25) is 4.90 Å². The summed E-state index contributed by atoms with van der Waals surface area (Å²) >= 11 is 0. The van der Waals surface area contributed by atoms with Crippen LogP contribution in [0.5, 0.6) is 17.2 Å². The minimum absolute atomic E-state index is 0.0601. The van der Waals surface area contributed by atoms with E-state index >= 15 is 0 Å². The van der Waals surface area contributed by atoms with E-state index in [2.05, 4.69) is 67.3 Å². The lowest BCUT2D eigenvalue weighted by Crippen LogP contribution is -2.70. The van der Waals surface area contributed by atoms with Crippen molar-refractivity contribution in [2.24, 2.45) is 22.9 Å². The number of benzene rings is 5. The first-order chi connectivity index (χ1) is 31.9. The van der Waals surface area contributed by atoms with Gasteiger partial charge in [-0.15, -0.1) is 6.58 Å². The number of nitrogens with zero attached hydrogens (tertiary/aromatic N) is 2. The van der Waals surface area contributed by atoms with Crippen LogP contribution in [0.15, 0.2) is 145 Å². The van der Waals surface area contributed by atoms with Crippen molar-refractivity contribution in [1.29, 1.82) is 0 Å².